The lowest BCUT2D eigenvalue weighted by Crippen LogP contribution is -2.35. The molecule has 1 rings (SSSR count). The summed E-state index contributed by atoms with van der Waals surface area (Å²) >= 11 is 6.60. The summed E-state index contributed by atoms with van der Waals surface area (Å²) in [5, 5.41) is 8.55. The smallest absolute Gasteiger partial charge is 0.323 e. The van der Waals surface area contributed by atoms with Crippen LogP contribution in [0.4, 0.5) is 0 Å². The minimum Gasteiger partial charge on any atom is -0.483 e. The summed E-state index contributed by atoms with van der Waals surface area (Å²) in [5.41, 5.74) is 0. The molecule has 1 aromatic carbocycles. The van der Waals surface area contributed by atoms with Gasteiger partial charge in [0.1, 0.15) is 12.3 Å². The number of carbonyl (C=O) groups excluding carboxylic acids is 1. The van der Waals surface area contributed by atoms with Crippen LogP contribution in [-0.4, -0.2) is 42.1 Å². The summed E-state index contributed by atoms with van der Waals surface area (Å²) in [6.07, 6.45) is 0. The lowest BCUT2D eigenvalue weighted by atomic mass is 10.3. The third kappa shape index (κ3) is 4.66. The number of rotatable bonds is 5. The van der Waals surface area contributed by atoms with E-state index in [1.807, 2.05) is 0 Å². The third-order valence-electron chi connectivity index (χ3n) is 2.04. The van der Waals surface area contributed by atoms with Gasteiger partial charge in [-0.2, -0.15) is 0 Å². The van der Waals surface area contributed by atoms with Gasteiger partial charge in [-0.25, -0.2) is 0 Å². The number of carbonyl (C=O) groups is 2. The molecule has 5 nitrogen and oxygen atoms in total. The third-order valence-corrected chi connectivity index (χ3v) is 3.16. The lowest BCUT2D eigenvalue weighted by molar-refractivity contribution is -0.144. The molecule has 98 valence electrons. The number of ether oxygens (including phenoxy) is 1. The van der Waals surface area contributed by atoms with E-state index < -0.39 is 11.9 Å². The van der Waals surface area contributed by atoms with Crippen LogP contribution in [0.1, 0.15) is 0 Å². The summed E-state index contributed by atoms with van der Waals surface area (Å²) < 4.78 is 6.90. The molecule has 0 heterocycles. The van der Waals surface area contributed by atoms with E-state index in [9.17, 15) is 9.59 Å². The zero-order chi connectivity index (χ0) is 13.7. The van der Waals surface area contributed by atoms with Gasteiger partial charge in [-0.3, -0.25) is 9.59 Å². The number of likely N-dealkylation sites (N-methyl/N-ethyl adjacent to an activating group) is 1. The van der Waals surface area contributed by atoms with E-state index >= 15 is 0 Å². The lowest BCUT2D eigenvalue weighted by Gasteiger charge is -2.15. The molecule has 1 aromatic rings. The van der Waals surface area contributed by atoms with Gasteiger partial charge in [0.15, 0.2) is 6.61 Å². The molecular formula is C11H11Br2NO4. The summed E-state index contributed by atoms with van der Waals surface area (Å²) in [4.78, 5) is 23.1. The Balaban J connectivity index is 2.54. The van der Waals surface area contributed by atoms with Crippen LogP contribution in [0, 0.1) is 0 Å². The fraction of sp³-hybridized carbons (Fsp3) is 0.273. The van der Waals surface area contributed by atoms with Crippen molar-refractivity contribution in [1.29, 1.82) is 0 Å². The minimum atomic E-state index is -1.06. The first kappa shape index (κ1) is 15.0. The Morgan fingerprint density at radius 3 is 2.61 bits per heavy atom. The second kappa shape index (κ2) is 6.75. The van der Waals surface area contributed by atoms with Crippen LogP contribution in [0.25, 0.3) is 0 Å². The number of nitrogens with zero attached hydrogens (tertiary/aromatic N) is 1. The molecule has 1 N–H and O–H groups in total. The van der Waals surface area contributed by atoms with Gasteiger partial charge in [-0.1, -0.05) is 15.9 Å². The normalized spacial score (nSPS) is 9.94. The topological polar surface area (TPSA) is 66.8 Å². The van der Waals surface area contributed by atoms with Gasteiger partial charge in [-0.05, 0) is 34.1 Å². The fourth-order valence-corrected chi connectivity index (χ4v) is 2.29. The molecule has 0 aliphatic rings. The average Bonchev–Trinajstić information content (AvgIpc) is 2.26. The zero-order valence-electron chi connectivity index (χ0n) is 9.52. The number of hydrogen-bond donors (Lipinski definition) is 1. The molecule has 0 fully saturated rings. The molecule has 1 amide bonds. The first-order valence-corrected chi connectivity index (χ1v) is 6.52. The maximum atomic E-state index is 11.5. The highest BCUT2D eigenvalue weighted by molar-refractivity contribution is 9.11. The van der Waals surface area contributed by atoms with Gasteiger partial charge >= 0.3 is 5.97 Å². The van der Waals surface area contributed by atoms with E-state index in [2.05, 4.69) is 31.9 Å². The van der Waals surface area contributed by atoms with Crippen molar-refractivity contribution in [2.45, 2.75) is 0 Å². The van der Waals surface area contributed by atoms with Crippen LogP contribution in [0.5, 0.6) is 5.75 Å². The van der Waals surface area contributed by atoms with E-state index in [4.69, 9.17) is 9.84 Å². The number of carboxylic acid groups (broad SMARTS) is 1. The minimum absolute atomic E-state index is 0.204. The van der Waals surface area contributed by atoms with Crippen molar-refractivity contribution in [3.05, 3.63) is 27.1 Å². The molecule has 7 heteroatoms. The predicted octanol–water partition coefficient (Wildman–Crippen LogP) is 2.13. The molecule has 0 aliphatic carbocycles. The molecule has 0 saturated carbocycles. The van der Waals surface area contributed by atoms with Gasteiger partial charge in [-0.15, -0.1) is 0 Å². The molecule has 0 atom stereocenters. The number of amides is 1. The van der Waals surface area contributed by atoms with Crippen LogP contribution >= 0.6 is 31.9 Å². The number of hydrogen-bond acceptors (Lipinski definition) is 3. The fourth-order valence-electron chi connectivity index (χ4n) is 1.13. The van der Waals surface area contributed by atoms with Crippen LogP contribution in [-0.2, 0) is 9.59 Å². The van der Waals surface area contributed by atoms with Gasteiger partial charge < -0.3 is 14.7 Å². The highest BCUT2D eigenvalue weighted by atomic mass is 79.9. The van der Waals surface area contributed by atoms with Crippen molar-refractivity contribution in [1.82, 2.24) is 4.90 Å². The maximum absolute atomic E-state index is 11.5. The quantitative estimate of drug-likeness (QED) is 0.849. The Bertz CT molecular complexity index is 464. The molecule has 0 unspecified atom stereocenters. The number of carboxylic acids is 1. The van der Waals surface area contributed by atoms with E-state index in [-0.39, 0.29) is 13.2 Å². The van der Waals surface area contributed by atoms with Crippen LogP contribution in [0.15, 0.2) is 27.1 Å². The van der Waals surface area contributed by atoms with Crippen molar-refractivity contribution >= 4 is 43.7 Å². The first-order valence-electron chi connectivity index (χ1n) is 4.93. The predicted molar refractivity (Wildman–Crippen MR) is 72.6 cm³/mol. The zero-order valence-corrected chi connectivity index (χ0v) is 12.7. The van der Waals surface area contributed by atoms with Crippen molar-refractivity contribution in [2.24, 2.45) is 0 Å². The standard InChI is InChI=1S/C11H11Br2NO4/c1-14(5-11(16)17)10(15)6-18-9-3-2-7(12)4-8(9)13/h2-4H,5-6H2,1H3,(H,16,17). The molecule has 0 saturated heterocycles. The molecule has 0 spiro atoms. The molecule has 18 heavy (non-hydrogen) atoms. The Morgan fingerprint density at radius 2 is 2.06 bits per heavy atom. The van der Waals surface area contributed by atoms with Crippen molar-refractivity contribution in [3.63, 3.8) is 0 Å². The SMILES string of the molecule is CN(CC(=O)O)C(=O)COc1ccc(Br)cc1Br. The molecule has 0 aliphatic heterocycles. The summed E-state index contributed by atoms with van der Waals surface area (Å²) in [5.74, 6) is -0.932. The van der Waals surface area contributed by atoms with Crippen molar-refractivity contribution in [3.8, 4) is 5.75 Å². The van der Waals surface area contributed by atoms with Crippen molar-refractivity contribution < 1.29 is 19.4 Å². The number of benzene rings is 1. The summed E-state index contributed by atoms with van der Waals surface area (Å²) in [7, 11) is 1.41. The van der Waals surface area contributed by atoms with Gasteiger partial charge in [0.2, 0.25) is 0 Å². The summed E-state index contributed by atoms with van der Waals surface area (Å²) in [6, 6.07) is 5.28. The van der Waals surface area contributed by atoms with Gasteiger partial charge in [0.05, 0.1) is 4.47 Å². The Morgan fingerprint density at radius 1 is 1.39 bits per heavy atom. The summed E-state index contributed by atoms with van der Waals surface area (Å²) in [6.45, 7) is -0.548. The highest BCUT2D eigenvalue weighted by Gasteiger charge is 2.13. The second-order valence-electron chi connectivity index (χ2n) is 3.51. The monoisotopic (exact) mass is 379 g/mol. The largest absolute Gasteiger partial charge is 0.483 e. The Kier molecular flexibility index (Phi) is 5.61. The van der Waals surface area contributed by atoms with E-state index in [0.29, 0.717) is 10.2 Å². The van der Waals surface area contributed by atoms with E-state index in [0.717, 1.165) is 9.37 Å². The van der Waals surface area contributed by atoms with Gasteiger partial charge in [0.25, 0.3) is 5.91 Å². The van der Waals surface area contributed by atoms with E-state index in [1.165, 1.54) is 7.05 Å². The average molecular weight is 381 g/mol. The van der Waals surface area contributed by atoms with E-state index in [1.54, 1.807) is 18.2 Å². The molecule has 0 aromatic heterocycles. The second-order valence-corrected chi connectivity index (χ2v) is 5.28. The molecule has 0 bridgehead atoms. The van der Waals surface area contributed by atoms with Crippen LogP contribution < -0.4 is 4.74 Å². The number of halogens is 2. The van der Waals surface area contributed by atoms with Crippen LogP contribution in [0.2, 0.25) is 0 Å². The molecule has 0 radical (unpaired) electrons. The number of aliphatic carboxylic acids is 1. The Labute approximate surface area is 121 Å². The first-order chi connectivity index (χ1) is 8.40. The van der Waals surface area contributed by atoms with Crippen molar-refractivity contribution in [2.75, 3.05) is 20.2 Å². The molecular weight excluding hydrogens is 370 g/mol. The van der Waals surface area contributed by atoms with Crippen LogP contribution in [0.3, 0.4) is 0 Å². The van der Waals surface area contributed by atoms with Gasteiger partial charge in [0, 0.05) is 11.5 Å². The Hall–Kier alpha value is -1.08. The highest BCUT2D eigenvalue weighted by Crippen LogP contribution is 2.28. The maximum Gasteiger partial charge on any atom is 0.323 e.